The maximum Gasteiger partial charge on any atom is 0.0962 e. The number of aryl methyl sites for hydroxylation is 1. The van der Waals surface area contributed by atoms with E-state index in [9.17, 15) is 5.11 Å². The highest BCUT2D eigenvalue weighted by Gasteiger charge is 2.08. The lowest BCUT2D eigenvalue weighted by atomic mass is 10.0. The Bertz CT molecular complexity index is 720. The van der Waals surface area contributed by atoms with E-state index in [4.69, 9.17) is 0 Å². The van der Waals surface area contributed by atoms with Crippen molar-refractivity contribution < 1.29 is 5.11 Å². The Morgan fingerprint density at radius 1 is 1.20 bits per heavy atom. The molecule has 0 spiro atoms. The van der Waals surface area contributed by atoms with Gasteiger partial charge in [0, 0.05) is 19.8 Å². The molecule has 1 unspecified atom stereocenters. The largest absolute Gasteiger partial charge is 0.387 e. The van der Waals surface area contributed by atoms with Gasteiger partial charge in [-0.2, -0.15) is 5.10 Å². The zero-order valence-corrected chi connectivity index (χ0v) is 11.3. The summed E-state index contributed by atoms with van der Waals surface area (Å²) in [5.41, 5.74) is 1.83. The minimum Gasteiger partial charge on any atom is -0.387 e. The van der Waals surface area contributed by atoms with Crippen molar-refractivity contribution in [3.63, 3.8) is 0 Å². The van der Waals surface area contributed by atoms with Gasteiger partial charge in [0.2, 0.25) is 0 Å². The quantitative estimate of drug-likeness (QED) is 0.764. The van der Waals surface area contributed by atoms with Gasteiger partial charge in [0.25, 0.3) is 0 Å². The van der Waals surface area contributed by atoms with Crippen LogP contribution in [0.15, 0.2) is 54.9 Å². The van der Waals surface area contributed by atoms with Crippen molar-refractivity contribution in [2.75, 3.05) is 11.9 Å². The fourth-order valence-electron chi connectivity index (χ4n) is 2.26. The number of hydrogen-bond acceptors (Lipinski definition) is 3. The predicted molar refractivity (Wildman–Crippen MR) is 80.6 cm³/mol. The van der Waals surface area contributed by atoms with Gasteiger partial charge in [-0.15, -0.1) is 0 Å². The first-order valence-electron chi connectivity index (χ1n) is 6.62. The lowest BCUT2D eigenvalue weighted by Gasteiger charge is -2.13. The van der Waals surface area contributed by atoms with Crippen LogP contribution in [0.1, 0.15) is 11.7 Å². The summed E-state index contributed by atoms with van der Waals surface area (Å²) in [7, 11) is 1.87. The van der Waals surface area contributed by atoms with Crippen molar-refractivity contribution in [3.8, 4) is 0 Å². The summed E-state index contributed by atoms with van der Waals surface area (Å²) in [5, 5.41) is 19.8. The van der Waals surface area contributed by atoms with Gasteiger partial charge < -0.3 is 10.4 Å². The number of aliphatic hydroxyl groups excluding tert-OH is 1. The fraction of sp³-hybridized carbons (Fsp3) is 0.188. The number of hydrogen-bond donors (Lipinski definition) is 2. The average molecular weight is 267 g/mol. The smallest absolute Gasteiger partial charge is 0.0962 e. The normalized spacial score (nSPS) is 12.5. The number of anilines is 1. The van der Waals surface area contributed by atoms with E-state index >= 15 is 0 Å². The molecule has 0 bridgehead atoms. The molecular formula is C16H17N3O. The number of nitrogens with one attached hydrogen (secondary N) is 1. The summed E-state index contributed by atoms with van der Waals surface area (Å²) < 4.78 is 1.73. The minimum absolute atomic E-state index is 0.462. The second-order valence-corrected chi connectivity index (χ2v) is 4.91. The van der Waals surface area contributed by atoms with Crippen LogP contribution in [0.3, 0.4) is 0 Å². The second-order valence-electron chi connectivity index (χ2n) is 4.91. The molecule has 2 aromatic carbocycles. The molecule has 0 saturated heterocycles. The maximum absolute atomic E-state index is 10.3. The molecule has 20 heavy (non-hydrogen) atoms. The highest BCUT2D eigenvalue weighted by atomic mass is 16.3. The molecule has 4 nitrogen and oxygen atoms in total. The molecule has 102 valence electrons. The molecule has 0 aliphatic carbocycles. The molecule has 3 rings (SSSR count). The third-order valence-corrected chi connectivity index (χ3v) is 3.36. The first kappa shape index (κ1) is 12.7. The molecule has 2 N–H and O–H groups in total. The van der Waals surface area contributed by atoms with Crippen LogP contribution in [0, 0.1) is 0 Å². The lowest BCUT2D eigenvalue weighted by Crippen LogP contribution is -2.11. The van der Waals surface area contributed by atoms with Gasteiger partial charge in [-0.25, -0.2) is 0 Å². The van der Waals surface area contributed by atoms with E-state index in [0.29, 0.717) is 6.54 Å². The maximum atomic E-state index is 10.3. The van der Waals surface area contributed by atoms with Crippen molar-refractivity contribution in [2.24, 2.45) is 7.05 Å². The van der Waals surface area contributed by atoms with Gasteiger partial charge in [-0.3, -0.25) is 4.68 Å². The Kier molecular flexibility index (Phi) is 3.39. The monoisotopic (exact) mass is 267 g/mol. The zero-order valence-electron chi connectivity index (χ0n) is 11.3. The topological polar surface area (TPSA) is 50.1 Å². The predicted octanol–water partition coefficient (Wildman–Crippen LogP) is 2.72. The molecule has 0 amide bonds. The van der Waals surface area contributed by atoms with Crippen LogP contribution in [-0.2, 0) is 7.05 Å². The lowest BCUT2D eigenvalue weighted by molar-refractivity contribution is 0.192. The number of aromatic nitrogens is 2. The summed E-state index contributed by atoms with van der Waals surface area (Å²) in [6.45, 7) is 0.462. The Hall–Kier alpha value is -2.33. The summed E-state index contributed by atoms with van der Waals surface area (Å²) in [6, 6.07) is 14.2. The number of nitrogens with zero attached hydrogens (tertiary/aromatic N) is 2. The highest BCUT2D eigenvalue weighted by molar-refractivity contribution is 5.83. The van der Waals surface area contributed by atoms with Crippen molar-refractivity contribution >= 4 is 16.5 Å². The summed E-state index contributed by atoms with van der Waals surface area (Å²) >= 11 is 0. The first-order chi connectivity index (χ1) is 9.72. The van der Waals surface area contributed by atoms with Crippen LogP contribution in [0.4, 0.5) is 5.69 Å². The van der Waals surface area contributed by atoms with E-state index in [1.807, 2.05) is 43.6 Å². The number of fused-ring (bicyclic) bond motifs is 1. The van der Waals surface area contributed by atoms with Crippen molar-refractivity contribution in [1.82, 2.24) is 9.78 Å². The van der Waals surface area contributed by atoms with E-state index in [2.05, 4.69) is 22.5 Å². The van der Waals surface area contributed by atoms with Gasteiger partial charge in [-0.1, -0.05) is 36.4 Å². The molecular weight excluding hydrogens is 250 g/mol. The molecule has 0 saturated carbocycles. The Labute approximate surface area is 117 Å². The highest BCUT2D eigenvalue weighted by Crippen LogP contribution is 2.20. The number of aliphatic hydroxyl groups is 1. The molecule has 0 aliphatic rings. The zero-order chi connectivity index (χ0) is 13.9. The van der Waals surface area contributed by atoms with Gasteiger partial charge >= 0.3 is 0 Å². The van der Waals surface area contributed by atoms with E-state index in [0.717, 1.165) is 16.6 Å². The number of rotatable bonds is 4. The van der Waals surface area contributed by atoms with Crippen LogP contribution in [0.25, 0.3) is 10.8 Å². The van der Waals surface area contributed by atoms with Gasteiger partial charge in [0.15, 0.2) is 0 Å². The van der Waals surface area contributed by atoms with E-state index < -0.39 is 6.10 Å². The molecule has 0 aliphatic heterocycles. The van der Waals surface area contributed by atoms with E-state index in [1.165, 1.54) is 5.39 Å². The van der Waals surface area contributed by atoms with Crippen LogP contribution >= 0.6 is 0 Å². The minimum atomic E-state index is -0.542. The van der Waals surface area contributed by atoms with Crippen molar-refractivity contribution in [2.45, 2.75) is 6.10 Å². The summed E-state index contributed by atoms with van der Waals surface area (Å²) in [4.78, 5) is 0. The molecule has 4 heteroatoms. The Balaban J connectivity index is 1.73. The fourth-order valence-corrected chi connectivity index (χ4v) is 2.26. The molecule has 0 radical (unpaired) electrons. The molecule has 1 aromatic heterocycles. The molecule has 1 heterocycles. The SMILES string of the molecule is Cn1cc(NCC(O)c2ccc3ccccc3c2)cn1. The van der Waals surface area contributed by atoms with Gasteiger partial charge in [0.05, 0.1) is 18.0 Å². The summed E-state index contributed by atoms with van der Waals surface area (Å²) in [6.07, 6.45) is 3.08. The molecule has 0 fully saturated rings. The van der Waals surface area contributed by atoms with E-state index in [1.54, 1.807) is 10.9 Å². The third kappa shape index (κ3) is 2.65. The number of benzene rings is 2. The van der Waals surface area contributed by atoms with E-state index in [-0.39, 0.29) is 0 Å². The van der Waals surface area contributed by atoms with Crippen molar-refractivity contribution in [1.29, 1.82) is 0 Å². The third-order valence-electron chi connectivity index (χ3n) is 3.36. The van der Waals surface area contributed by atoms with Crippen LogP contribution in [0.2, 0.25) is 0 Å². The standard InChI is InChI=1S/C16H17N3O/c1-19-11-15(9-18-19)17-10-16(20)14-7-6-12-4-2-3-5-13(12)8-14/h2-9,11,16-17,20H,10H2,1H3. The van der Waals surface area contributed by atoms with Gasteiger partial charge in [-0.05, 0) is 22.4 Å². The second kappa shape index (κ2) is 5.35. The first-order valence-corrected chi connectivity index (χ1v) is 6.62. The van der Waals surface area contributed by atoms with Crippen LogP contribution < -0.4 is 5.32 Å². The Morgan fingerprint density at radius 3 is 2.75 bits per heavy atom. The van der Waals surface area contributed by atoms with Crippen molar-refractivity contribution in [3.05, 3.63) is 60.4 Å². The van der Waals surface area contributed by atoms with Crippen LogP contribution in [0.5, 0.6) is 0 Å². The summed E-state index contributed by atoms with van der Waals surface area (Å²) in [5.74, 6) is 0. The molecule has 1 atom stereocenters. The van der Waals surface area contributed by atoms with Crippen LogP contribution in [-0.4, -0.2) is 21.4 Å². The molecule has 3 aromatic rings. The average Bonchev–Trinajstić information content (AvgIpc) is 2.90. The van der Waals surface area contributed by atoms with Gasteiger partial charge in [0.1, 0.15) is 0 Å². The Morgan fingerprint density at radius 2 is 2.00 bits per heavy atom.